The van der Waals surface area contributed by atoms with Crippen molar-refractivity contribution in [2.45, 2.75) is 33.2 Å². The molecule has 5 heteroatoms. The van der Waals surface area contributed by atoms with Gasteiger partial charge in [-0.25, -0.2) is 0 Å². The Morgan fingerprint density at radius 3 is 2.26 bits per heavy atom. The number of imide groups is 1. The van der Waals surface area contributed by atoms with Crippen molar-refractivity contribution in [3.05, 3.63) is 65.4 Å². The lowest BCUT2D eigenvalue weighted by Crippen LogP contribution is -2.38. The standard InChI is InChI=1S/C22H24N2O3/c1-5-15-10-12-16(13-11-15)23-20-19(17-8-6-7-9-18(17)27-4)21(25)24(14(2)3)22(20)26/h6-14,23H,5H2,1-4H3. The number of benzene rings is 2. The first-order valence-corrected chi connectivity index (χ1v) is 9.09. The van der Waals surface area contributed by atoms with Gasteiger partial charge < -0.3 is 10.1 Å². The first-order valence-electron chi connectivity index (χ1n) is 9.09. The second-order valence-electron chi connectivity index (χ2n) is 6.70. The molecule has 0 atom stereocenters. The average molecular weight is 364 g/mol. The minimum Gasteiger partial charge on any atom is -0.496 e. The highest BCUT2D eigenvalue weighted by molar-refractivity contribution is 6.37. The number of rotatable bonds is 6. The number of amides is 2. The summed E-state index contributed by atoms with van der Waals surface area (Å²) >= 11 is 0. The SMILES string of the molecule is CCc1ccc(NC2=C(c3ccccc3OC)C(=O)N(C(C)C)C2=O)cc1. The first-order chi connectivity index (χ1) is 13.0. The molecule has 1 N–H and O–H groups in total. The summed E-state index contributed by atoms with van der Waals surface area (Å²) in [5.74, 6) is -0.0810. The summed E-state index contributed by atoms with van der Waals surface area (Å²) in [5.41, 5.74) is 3.20. The van der Waals surface area contributed by atoms with E-state index in [9.17, 15) is 9.59 Å². The van der Waals surface area contributed by atoms with Crippen LogP contribution in [0, 0.1) is 0 Å². The molecule has 0 bridgehead atoms. The van der Waals surface area contributed by atoms with Crippen LogP contribution in [0.25, 0.3) is 5.57 Å². The van der Waals surface area contributed by atoms with E-state index in [4.69, 9.17) is 4.74 Å². The summed E-state index contributed by atoms with van der Waals surface area (Å²) in [6.45, 7) is 5.74. The van der Waals surface area contributed by atoms with Gasteiger partial charge in [0.2, 0.25) is 0 Å². The van der Waals surface area contributed by atoms with Crippen molar-refractivity contribution in [3.63, 3.8) is 0 Å². The van der Waals surface area contributed by atoms with Crippen LogP contribution in [0.5, 0.6) is 5.75 Å². The highest BCUT2D eigenvalue weighted by atomic mass is 16.5. The Bertz CT molecular complexity index is 898. The zero-order valence-corrected chi connectivity index (χ0v) is 16.1. The monoisotopic (exact) mass is 364 g/mol. The molecule has 0 spiro atoms. The van der Waals surface area contributed by atoms with Crippen LogP contribution in [0.4, 0.5) is 5.69 Å². The second-order valence-corrected chi connectivity index (χ2v) is 6.70. The van der Waals surface area contributed by atoms with E-state index in [1.807, 2.05) is 50.2 Å². The molecule has 0 unspecified atom stereocenters. The van der Waals surface area contributed by atoms with Crippen molar-refractivity contribution >= 4 is 23.1 Å². The fourth-order valence-electron chi connectivity index (χ4n) is 3.20. The number of carbonyl (C=O) groups is 2. The number of aryl methyl sites for hydroxylation is 1. The van der Waals surface area contributed by atoms with Gasteiger partial charge in [0.25, 0.3) is 11.8 Å². The lowest BCUT2D eigenvalue weighted by Gasteiger charge is -2.19. The zero-order chi connectivity index (χ0) is 19.6. The lowest BCUT2D eigenvalue weighted by molar-refractivity contribution is -0.138. The number of hydrogen-bond donors (Lipinski definition) is 1. The van der Waals surface area contributed by atoms with Gasteiger partial charge in [-0.2, -0.15) is 0 Å². The van der Waals surface area contributed by atoms with E-state index in [1.165, 1.54) is 10.5 Å². The molecule has 2 aromatic carbocycles. The molecule has 0 aromatic heterocycles. The van der Waals surface area contributed by atoms with Gasteiger partial charge in [0.1, 0.15) is 11.4 Å². The van der Waals surface area contributed by atoms with Gasteiger partial charge in [0, 0.05) is 17.3 Å². The lowest BCUT2D eigenvalue weighted by atomic mass is 10.0. The molecule has 3 rings (SSSR count). The molecule has 0 radical (unpaired) electrons. The fourth-order valence-corrected chi connectivity index (χ4v) is 3.20. The van der Waals surface area contributed by atoms with Crippen molar-refractivity contribution in [2.24, 2.45) is 0 Å². The highest BCUT2D eigenvalue weighted by Crippen LogP contribution is 2.35. The summed E-state index contributed by atoms with van der Waals surface area (Å²) in [6, 6.07) is 14.9. The van der Waals surface area contributed by atoms with Crippen LogP contribution in [0.15, 0.2) is 54.2 Å². The number of anilines is 1. The number of para-hydroxylation sites is 1. The van der Waals surface area contributed by atoms with Crippen LogP contribution in [0.3, 0.4) is 0 Å². The zero-order valence-electron chi connectivity index (χ0n) is 16.1. The Kier molecular flexibility index (Phi) is 5.31. The van der Waals surface area contributed by atoms with Crippen molar-refractivity contribution in [1.29, 1.82) is 0 Å². The number of ether oxygens (including phenoxy) is 1. The maximum atomic E-state index is 13.1. The normalized spacial score (nSPS) is 14.3. The predicted molar refractivity (Wildman–Crippen MR) is 106 cm³/mol. The van der Waals surface area contributed by atoms with E-state index >= 15 is 0 Å². The number of nitrogens with zero attached hydrogens (tertiary/aromatic N) is 1. The Morgan fingerprint density at radius 2 is 1.67 bits per heavy atom. The molecule has 1 aliphatic rings. The molecule has 2 aromatic rings. The van der Waals surface area contributed by atoms with Crippen LogP contribution in [-0.2, 0) is 16.0 Å². The molecule has 0 saturated heterocycles. The maximum absolute atomic E-state index is 13.1. The van der Waals surface area contributed by atoms with Crippen molar-refractivity contribution in [1.82, 2.24) is 4.90 Å². The quantitative estimate of drug-likeness (QED) is 0.791. The van der Waals surface area contributed by atoms with E-state index in [1.54, 1.807) is 19.2 Å². The molecule has 27 heavy (non-hydrogen) atoms. The van der Waals surface area contributed by atoms with Gasteiger partial charge in [-0.1, -0.05) is 37.3 Å². The topological polar surface area (TPSA) is 58.6 Å². The third kappa shape index (κ3) is 3.45. The maximum Gasteiger partial charge on any atom is 0.278 e. The van der Waals surface area contributed by atoms with E-state index in [-0.39, 0.29) is 23.6 Å². The van der Waals surface area contributed by atoms with Gasteiger partial charge in [-0.3, -0.25) is 14.5 Å². The van der Waals surface area contributed by atoms with Crippen LogP contribution in [-0.4, -0.2) is 29.9 Å². The Hall–Kier alpha value is -3.08. The number of hydrogen-bond acceptors (Lipinski definition) is 4. The molecular formula is C22H24N2O3. The summed E-state index contributed by atoms with van der Waals surface area (Å²) < 4.78 is 5.42. The Morgan fingerprint density at radius 1 is 1.00 bits per heavy atom. The summed E-state index contributed by atoms with van der Waals surface area (Å²) in [6.07, 6.45) is 0.938. The largest absolute Gasteiger partial charge is 0.496 e. The Balaban J connectivity index is 2.11. The van der Waals surface area contributed by atoms with E-state index in [2.05, 4.69) is 12.2 Å². The van der Waals surface area contributed by atoms with E-state index in [0.29, 0.717) is 16.9 Å². The molecule has 0 saturated carbocycles. The van der Waals surface area contributed by atoms with Crippen LogP contribution >= 0.6 is 0 Å². The van der Waals surface area contributed by atoms with Gasteiger partial charge in [0.15, 0.2) is 0 Å². The van der Waals surface area contributed by atoms with Gasteiger partial charge in [0.05, 0.1) is 12.7 Å². The van der Waals surface area contributed by atoms with Crippen LogP contribution in [0.2, 0.25) is 0 Å². The molecule has 1 heterocycles. The first kappa shape index (κ1) is 18.7. The van der Waals surface area contributed by atoms with Gasteiger partial charge >= 0.3 is 0 Å². The van der Waals surface area contributed by atoms with E-state index < -0.39 is 0 Å². The molecular weight excluding hydrogens is 340 g/mol. The van der Waals surface area contributed by atoms with Gasteiger partial charge in [-0.05, 0) is 44.0 Å². The molecule has 5 nitrogen and oxygen atoms in total. The third-order valence-corrected chi connectivity index (χ3v) is 4.64. The fraction of sp³-hybridized carbons (Fsp3) is 0.273. The molecule has 1 aliphatic heterocycles. The molecule has 140 valence electrons. The minimum atomic E-state index is -0.324. The number of methoxy groups -OCH3 is 1. The van der Waals surface area contributed by atoms with Crippen LogP contribution in [0.1, 0.15) is 31.9 Å². The van der Waals surface area contributed by atoms with Crippen molar-refractivity contribution in [2.75, 3.05) is 12.4 Å². The minimum absolute atomic E-state index is 0.239. The Labute approximate surface area is 159 Å². The number of carbonyl (C=O) groups excluding carboxylic acids is 2. The summed E-state index contributed by atoms with van der Waals surface area (Å²) in [4.78, 5) is 27.4. The highest BCUT2D eigenvalue weighted by Gasteiger charge is 2.41. The second kappa shape index (κ2) is 7.66. The summed E-state index contributed by atoms with van der Waals surface area (Å²) in [5, 5.41) is 3.17. The predicted octanol–water partition coefficient (Wildman–Crippen LogP) is 3.86. The van der Waals surface area contributed by atoms with E-state index in [0.717, 1.165) is 12.1 Å². The average Bonchev–Trinajstić information content (AvgIpc) is 2.92. The molecule has 0 fully saturated rings. The van der Waals surface area contributed by atoms with Crippen molar-refractivity contribution in [3.8, 4) is 5.75 Å². The van der Waals surface area contributed by atoms with Crippen molar-refractivity contribution < 1.29 is 14.3 Å². The molecule has 0 aliphatic carbocycles. The number of nitrogens with one attached hydrogen (secondary N) is 1. The van der Waals surface area contributed by atoms with Crippen LogP contribution < -0.4 is 10.1 Å². The van der Waals surface area contributed by atoms with Gasteiger partial charge in [-0.15, -0.1) is 0 Å². The third-order valence-electron chi connectivity index (χ3n) is 4.64. The molecule has 2 amide bonds. The summed E-state index contributed by atoms with van der Waals surface area (Å²) in [7, 11) is 1.55. The smallest absolute Gasteiger partial charge is 0.278 e.